The maximum atomic E-state index is 13.1. The van der Waals surface area contributed by atoms with E-state index in [1.165, 1.54) is 0 Å². The van der Waals surface area contributed by atoms with Crippen molar-refractivity contribution in [3.05, 3.63) is 24.3 Å². The number of hydrogen-bond acceptors (Lipinski definition) is 6. The molecule has 2 heterocycles. The summed E-state index contributed by atoms with van der Waals surface area (Å²) in [6, 6.07) is 6.88. The Labute approximate surface area is 153 Å². The highest BCUT2D eigenvalue weighted by Gasteiger charge is 2.60. The van der Waals surface area contributed by atoms with E-state index in [0.29, 0.717) is 19.7 Å². The molecule has 1 aromatic rings. The average Bonchev–Trinajstić information content (AvgIpc) is 3.10. The smallest absolute Gasteiger partial charge is 0.325 e. The number of amides is 1. The Morgan fingerprint density at radius 3 is 2.58 bits per heavy atom. The number of rotatable bonds is 7. The van der Waals surface area contributed by atoms with Gasteiger partial charge in [0.05, 0.1) is 26.9 Å². The largest absolute Gasteiger partial charge is 0.497 e. The number of esters is 1. The molecule has 3 rings (SSSR count). The number of β-lactam (4-membered cyclic amide) rings is 1. The van der Waals surface area contributed by atoms with Crippen molar-refractivity contribution in [2.45, 2.75) is 31.3 Å². The molecule has 2 aliphatic rings. The number of carbonyl (C=O) groups excluding carboxylic acids is 2. The molecule has 1 spiro atoms. The van der Waals surface area contributed by atoms with E-state index in [0.717, 1.165) is 24.3 Å². The van der Waals surface area contributed by atoms with Crippen LogP contribution in [-0.4, -0.2) is 68.9 Å². The van der Waals surface area contributed by atoms with Gasteiger partial charge in [-0.15, -0.1) is 0 Å². The van der Waals surface area contributed by atoms with Gasteiger partial charge in [-0.3, -0.25) is 14.5 Å². The van der Waals surface area contributed by atoms with Gasteiger partial charge in [0.15, 0.2) is 0 Å². The summed E-state index contributed by atoms with van der Waals surface area (Å²) in [5, 5.41) is 0. The van der Waals surface area contributed by atoms with Crippen molar-refractivity contribution in [1.29, 1.82) is 0 Å². The highest BCUT2D eigenvalue weighted by atomic mass is 16.5. The zero-order valence-electron chi connectivity index (χ0n) is 15.6. The predicted octanol–water partition coefficient (Wildman–Crippen LogP) is 1.45. The van der Waals surface area contributed by atoms with Crippen LogP contribution in [0.3, 0.4) is 0 Å². The summed E-state index contributed by atoms with van der Waals surface area (Å²) in [6.45, 7) is 3.57. The SMILES string of the molecule is CCOC(=O)C(COC)N1CCCC12CN(c1ccc(OC)cc1)C2=O. The lowest BCUT2D eigenvalue weighted by Crippen LogP contribution is -2.74. The van der Waals surface area contributed by atoms with E-state index in [1.54, 1.807) is 26.0 Å². The van der Waals surface area contributed by atoms with Gasteiger partial charge in [0.25, 0.3) is 0 Å². The molecule has 2 unspecified atom stereocenters. The molecule has 0 N–H and O–H groups in total. The fraction of sp³-hybridized carbons (Fsp3) is 0.579. The van der Waals surface area contributed by atoms with Gasteiger partial charge in [-0.1, -0.05) is 0 Å². The topological polar surface area (TPSA) is 68.3 Å². The zero-order valence-corrected chi connectivity index (χ0v) is 15.6. The third-order valence-corrected chi connectivity index (χ3v) is 5.25. The quantitative estimate of drug-likeness (QED) is 0.540. The molecule has 1 amide bonds. The Bertz CT molecular complexity index is 662. The summed E-state index contributed by atoms with van der Waals surface area (Å²) in [7, 11) is 3.17. The summed E-state index contributed by atoms with van der Waals surface area (Å²) in [5.41, 5.74) is 0.211. The van der Waals surface area contributed by atoms with Gasteiger partial charge in [-0.05, 0) is 44.0 Å². The van der Waals surface area contributed by atoms with Crippen LogP contribution in [0.5, 0.6) is 5.75 Å². The lowest BCUT2D eigenvalue weighted by molar-refractivity contribution is -0.157. The summed E-state index contributed by atoms with van der Waals surface area (Å²) in [4.78, 5) is 29.2. The fourth-order valence-electron chi connectivity index (χ4n) is 3.97. The second-order valence-corrected chi connectivity index (χ2v) is 6.64. The molecule has 0 radical (unpaired) electrons. The molecule has 142 valence electrons. The molecule has 2 fully saturated rings. The molecule has 0 aliphatic carbocycles. The molecule has 1 aromatic carbocycles. The molecule has 2 atom stereocenters. The summed E-state index contributed by atoms with van der Waals surface area (Å²) in [6.07, 6.45) is 1.62. The van der Waals surface area contributed by atoms with Crippen LogP contribution in [0.15, 0.2) is 24.3 Å². The molecule has 26 heavy (non-hydrogen) atoms. The van der Waals surface area contributed by atoms with Crippen molar-refractivity contribution in [2.75, 3.05) is 45.4 Å². The van der Waals surface area contributed by atoms with Crippen LogP contribution in [0.1, 0.15) is 19.8 Å². The van der Waals surface area contributed by atoms with Crippen LogP contribution in [-0.2, 0) is 19.1 Å². The molecular weight excluding hydrogens is 336 g/mol. The van der Waals surface area contributed by atoms with Gasteiger partial charge in [0.1, 0.15) is 17.3 Å². The minimum absolute atomic E-state index is 0.0329. The van der Waals surface area contributed by atoms with Crippen molar-refractivity contribution in [3.8, 4) is 5.75 Å². The number of methoxy groups -OCH3 is 2. The summed E-state index contributed by atoms with van der Waals surface area (Å²) >= 11 is 0. The first kappa shape index (κ1) is 18.7. The summed E-state index contributed by atoms with van der Waals surface area (Å²) in [5.74, 6) is 0.457. The lowest BCUT2D eigenvalue weighted by Gasteiger charge is -2.52. The minimum Gasteiger partial charge on any atom is -0.497 e. The van der Waals surface area contributed by atoms with E-state index in [2.05, 4.69) is 0 Å². The Balaban J connectivity index is 1.78. The van der Waals surface area contributed by atoms with E-state index >= 15 is 0 Å². The normalized spacial score (nSPS) is 23.8. The maximum absolute atomic E-state index is 13.1. The molecule has 0 aromatic heterocycles. The molecule has 7 nitrogen and oxygen atoms in total. The standard InChI is InChI=1S/C19H26N2O5/c1-4-26-17(22)16(12-24-2)21-11-5-10-19(21)13-20(18(19)23)14-6-8-15(25-3)9-7-14/h6-9,16H,4-5,10-13H2,1-3H3. The van der Waals surface area contributed by atoms with Crippen LogP contribution in [0.4, 0.5) is 5.69 Å². The molecule has 7 heteroatoms. The second kappa shape index (κ2) is 7.63. The van der Waals surface area contributed by atoms with Crippen LogP contribution >= 0.6 is 0 Å². The Morgan fingerprint density at radius 1 is 1.27 bits per heavy atom. The third kappa shape index (κ3) is 3.05. The van der Waals surface area contributed by atoms with E-state index in [9.17, 15) is 9.59 Å². The zero-order chi connectivity index (χ0) is 18.7. The number of benzene rings is 1. The van der Waals surface area contributed by atoms with Gasteiger partial charge < -0.3 is 19.1 Å². The number of ether oxygens (including phenoxy) is 3. The van der Waals surface area contributed by atoms with E-state index in [-0.39, 0.29) is 18.5 Å². The first-order valence-electron chi connectivity index (χ1n) is 8.95. The minimum atomic E-state index is -0.629. The second-order valence-electron chi connectivity index (χ2n) is 6.64. The Kier molecular flexibility index (Phi) is 5.48. The van der Waals surface area contributed by atoms with Crippen molar-refractivity contribution < 1.29 is 23.8 Å². The number of anilines is 1. The van der Waals surface area contributed by atoms with E-state index in [1.807, 2.05) is 29.2 Å². The molecular formula is C19H26N2O5. The number of hydrogen-bond donors (Lipinski definition) is 0. The lowest BCUT2D eigenvalue weighted by atomic mass is 9.84. The molecule has 2 aliphatic heterocycles. The van der Waals surface area contributed by atoms with Gasteiger partial charge in [0, 0.05) is 19.3 Å². The molecule has 0 bridgehead atoms. The van der Waals surface area contributed by atoms with E-state index < -0.39 is 11.6 Å². The van der Waals surface area contributed by atoms with Crippen molar-refractivity contribution in [3.63, 3.8) is 0 Å². The van der Waals surface area contributed by atoms with Gasteiger partial charge in [-0.2, -0.15) is 0 Å². The first-order valence-corrected chi connectivity index (χ1v) is 8.95. The molecule has 0 saturated carbocycles. The predicted molar refractivity (Wildman–Crippen MR) is 96.3 cm³/mol. The van der Waals surface area contributed by atoms with Crippen LogP contribution in [0, 0.1) is 0 Å². The number of nitrogens with zero attached hydrogens (tertiary/aromatic N) is 2. The van der Waals surface area contributed by atoms with Crippen molar-refractivity contribution >= 4 is 17.6 Å². The van der Waals surface area contributed by atoms with Gasteiger partial charge in [0.2, 0.25) is 5.91 Å². The third-order valence-electron chi connectivity index (χ3n) is 5.25. The monoisotopic (exact) mass is 362 g/mol. The number of carbonyl (C=O) groups is 2. The highest BCUT2D eigenvalue weighted by molar-refractivity contribution is 6.08. The Hall–Kier alpha value is -2.12. The first-order chi connectivity index (χ1) is 12.6. The maximum Gasteiger partial charge on any atom is 0.325 e. The van der Waals surface area contributed by atoms with Crippen molar-refractivity contribution in [2.24, 2.45) is 0 Å². The highest BCUT2D eigenvalue weighted by Crippen LogP contribution is 2.42. The van der Waals surface area contributed by atoms with Crippen LogP contribution in [0.25, 0.3) is 0 Å². The van der Waals surface area contributed by atoms with E-state index in [4.69, 9.17) is 14.2 Å². The van der Waals surface area contributed by atoms with Crippen molar-refractivity contribution in [1.82, 2.24) is 4.90 Å². The van der Waals surface area contributed by atoms with Crippen LogP contribution in [0.2, 0.25) is 0 Å². The van der Waals surface area contributed by atoms with Gasteiger partial charge >= 0.3 is 5.97 Å². The number of likely N-dealkylation sites (tertiary alicyclic amines) is 1. The van der Waals surface area contributed by atoms with Crippen LogP contribution < -0.4 is 9.64 Å². The Morgan fingerprint density at radius 2 is 2.00 bits per heavy atom. The summed E-state index contributed by atoms with van der Waals surface area (Å²) < 4.78 is 15.6. The van der Waals surface area contributed by atoms with Gasteiger partial charge in [-0.25, -0.2) is 0 Å². The molecule has 2 saturated heterocycles. The average molecular weight is 362 g/mol. The fourth-order valence-corrected chi connectivity index (χ4v) is 3.97.